The molecule has 0 bridgehead atoms. The van der Waals surface area contributed by atoms with Gasteiger partial charge in [-0.1, -0.05) is 6.92 Å². The average Bonchev–Trinajstić information content (AvgIpc) is 2.86. The van der Waals surface area contributed by atoms with Gasteiger partial charge in [-0.3, -0.25) is 0 Å². The van der Waals surface area contributed by atoms with E-state index in [-0.39, 0.29) is 12.0 Å². The van der Waals surface area contributed by atoms with Crippen LogP contribution in [0.5, 0.6) is 11.5 Å². The molecule has 0 saturated carbocycles. The Balaban J connectivity index is 1.64. The number of carbonyl (C=O) groups excluding carboxylic acids is 1. The summed E-state index contributed by atoms with van der Waals surface area (Å²) in [6.07, 6.45) is 0.909. The number of nitrogens with one attached hydrogen (secondary N) is 1. The number of fused-ring (bicyclic) bond motifs is 1. The summed E-state index contributed by atoms with van der Waals surface area (Å²) in [6.45, 7) is 5.16. The Morgan fingerprint density at radius 3 is 2.48 bits per heavy atom. The van der Waals surface area contributed by atoms with Gasteiger partial charge < -0.3 is 30.3 Å². The number of ether oxygens (including phenoxy) is 2. The average molecular weight is 452 g/mol. The zero-order chi connectivity index (χ0) is 23.4. The number of carbonyl (C=O) groups is 1. The second kappa shape index (κ2) is 9.76. The molecule has 1 aliphatic heterocycles. The minimum Gasteiger partial charge on any atom is -0.493 e. The van der Waals surface area contributed by atoms with Gasteiger partial charge >= 0.3 is 6.03 Å². The van der Waals surface area contributed by atoms with Crippen molar-refractivity contribution in [1.82, 2.24) is 25.2 Å². The van der Waals surface area contributed by atoms with Crippen LogP contribution in [-0.2, 0) is 0 Å². The summed E-state index contributed by atoms with van der Waals surface area (Å²) in [6, 6.07) is 9.43. The first-order valence-corrected chi connectivity index (χ1v) is 11.0. The smallest absolute Gasteiger partial charge is 0.317 e. The van der Waals surface area contributed by atoms with E-state index in [1.807, 2.05) is 42.2 Å². The summed E-state index contributed by atoms with van der Waals surface area (Å²) in [4.78, 5) is 30.0. The molecular formula is C23H29N7O3. The fourth-order valence-electron chi connectivity index (χ4n) is 3.86. The van der Waals surface area contributed by atoms with Crippen LogP contribution < -0.4 is 25.4 Å². The summed E-state index contributed by atoms with van der Waals surface area (Å²) < 4.78 is 10.8. The monoisotopic (exact) mass is 451 g/mol. The predicted octanol–water partition coefficient (Wildman–Crippen LogP) is 2.53. The second-order valence-corrected chi connectivity index (χ2v) is 7.75. The molecule has 2 aromatic heterocycles. The molecule has 1 aliphatic rings. The third-order valence-corrected chi connectivity index (χ3v) is 5.61. The number of benzene rings is 1. The van der Waals surface area contributed by atoms with Crippen LogP contribution in [0.4, 0.5) is 16.6 Å². The van der Waals surface area contributed by atoms with Crippen molar-refractivity contribution >= 4 is 28.8 Å². The van der Waals surface area contributed by atoms with Crippen molar-refractivity contribution in [2.45, 2.75) is 13.3 Å². The van der Waals surface area contributed by atoms with Gasteiger partial charge in [-0.25, -0.2) is 14.8 Å². The standard InChI is InChI=1S/C23H29N7O3/c1-4-9-25-23(31)30-12-10-29(11-13-30)21-20-17(27-22(24)28-21)7-6-16(26-20)15-5-8-18(32-2)19(14-15)33-3/h5-8,14H,4,9-13H2,1-3H3,(H,25,31)(H2,24,27,28). The Hall–Kier alpha value is -3.82. The van der Waals surface area contributed by atoms with Crippen LogP contribution in [0.1, 0.15) is 13.3 Å². The molecule has 0 atom stereocenters. The molecule has 0 radical (unpaired) electrons. The first kappa shape index (κ1) is 22.4. The molecule has 10 nitrogen and oxygen atoms in total. The second-order valence-electron chi connectivity index (χ2n) is 7.75. The predicted molar refractivity (Wildman–Crippen MR) is 128 cm³/mol. The SMILES string of the molecule is CCCNC(=O)N1CCN(c2nc(N)nc3ccc(-c4ccc(OC)c(OC)c4)nc23)CC1. The van der Waals surface area contributed by atoms with Crippen LogP contribution >= 0.6 is 0 Å². The van der Waals surface area contributed by atoms with Gasteiger partial charge in [0.2, 0.25) is 5.95 Å². The van der Waals surface area contributed by atoms with Gasteiger partial charge in [0.05, 0.1) is 25.4 Å². The lowest BCUT2D eigenvalue weighted by atomic mass is 10.1. The molecule has 174 valence electrons. The molecule has 10 heteroatoms. The number of methoxy groups -OCH3 is 2. The van der Waals surface area contributed by atoms with E-state index < -0.39 is 0 Å². The van der Waals surface area contributed by atoms with Crippen LogP contribution in [0.15, 0.2) is 30.3 Å². The molecule has 3 N–H and O–H groups in total. The van der Waals surface area contributed by atoms with E-state index >= 15 is 0 Å². The van der Waals surface area contributed by atoms with Crippen molar-refractivity contribution in [2.24, 2.45) is 0 Å². The zero-order valence-corrected chi connectivity index (χ0v) is 19.2. The molecule has 33 heavy (non-hydrogen) atoms. The van der Waals surface area contributed by atoms with Crippen LogP contribution in [0.2, 0.25) is 0 Å². The van der Waals surface area contributed by atoms with Crippen LogP contribution in [0, 0.1) is 0 Å². The lowest BCUT2D eigenvalue weighted by Crippen LogP contribution is -2.52. The summed E-state index contributed by atoms with van der Waals surface area (Å²) in [7, 11) is 3.21. The minimum atomic E-state index is -0.0302. The normalized spacial score (nSPS) is 13.8. The summed E-state index contributed by atoms with van der Waals surface area (Å²) >= 11 is 0. The quantitative estimate of drug-likeness (QED) is 0.587. The highest BCUT2D eigenvalue weighted by Crippen LogP contribution is 2.33. The van der Waals surface area contributed by atoms with E-state index in [0.29, 0.717) is 61.1 Å². The van der Waals surface area contributed by atoms with Crippen molar-refractivity contribution in [3.8, 4) is 22.8 Å². The maximum atomic E-state index is 12.3. The fourth-order valence-corrected chi connectivity index (χ4v) is 3.86. The molecule has 1 fully saturated rings. The number of aromatic nitrogens is 3. The molecule has 2 amide bonds. The Morgan fingerprint density at radius 1 is 1.03 bits per heavy atom. The lowest BCUT2D eigenvalue weighted by Gasteiger charge is -2.35. The van der Waals surface area contributed by atoms with Crippen molar-refractivity contribution in [2.75, 3.05) is 57.6 Å². The highest BCUT2D eigenvalue weighted by atomic mass is 16.5. The van der Waals surface area contributed by atoms with Crippen molar-refractivity contribution in [1.29, 1.82) is 0 Å². The van der Waals surface area contributed by atoms with Gasteiger partial charge in [0.25, 0.3) is 0 Å². The van der Waals surface area contributed by atoms with Gasteiger partial charge in [0.1, 0.15) is 5.52 Å². The van der Waals surface area contributed by atoms with Crippen LogP contribution in [-0.4, -0.2) is 72.8 Å². The molecular weight excluding hydrogens is 422 g/mol. The lowest BCUT2D eigenvalue weighted by molar-refractivity contribution is 0.194. The number of hydrogen-bond acceptors (Lipinski definition) is 8. The Morgan fingerprint density at radius 2 is 1.79 bits per heavy atom. The van der Waals surface area contributed by atoms with Crippen molar-refractivity contribution < 1.29 is 14.3 Å². The number of urea groups is 1. The van der Waals surface area contributed by atoms with Crippen molar-refractivity contribution in [3.63, 3.8) is 0 Å². The summed E-state index contributed by atoms with van der Waals surface area (Å²) in [5, 5.41) is 2.93. The van der Waals surface area contributed by atoms with Gasteiger partial charge in [0, 0.05) is 38.3 Å². The van der Waals surface area contributed by atoms with E-state index in [0.717, 1.165) is 17.7 Å². The number of pyridine rings is 1. The van der Waals surface area contributed by atoms with Gasteiger partial charge in [0.15, 0.2) is 17.3 Å². The molecule has 1 saturated heterocycles. The third kappa shape index (κ3) is 4.69. The van der Waals surface area contributed by atoms with Gasteiger partial charge in [-0.2, -0.15) is 4.98 Å². The number of rotatable bonds is 6. The van der Waals surface area contributed by atoms with E-state index in [1.165, 1.54) is 0 Å². The Labute approximate surface area is 192 Å². The van der Waals surface area contributed by atoms with E-state index in [9.17, 15) is 4.79 Å². The first-order chi connectivity index (χ1) is 16.0. The number of piperazine rings is 1. The van der Waals surface area contributed by atoms with Crippen molar-refractivity contribution in [3.05, 3.63) is 30.3 Å². The number of hydrogen-bond donors (Lipinski definition) is 2. The molecule has 3 aromatic rings. The maximum absolute atomic E-state index is 12.3. The minimum absolute atomic E-state index is 0.0302. The highest BCUT2D eigenvalue weighted by molar-refractivity contribution is 5.89. The first-order valence-electron chi connectivity index (χ1n) is 11.0. The molecule has 0 aliphatic carbocycles. The zero-order valence-electron chi connectivity index (χ0n) is 19.2. The number of amides is 2. The van der Waals surface area contributed by atoms with Gasteiger partial charge in [-0.05, 0) is 36.8 Å². The molecule has 0 spiro atoms. The molecule has 0 unspecified atom stereocenters. The Bertz CT molecular complexity index is 1150. The number of nitrogens with zero attached hydrogens (tertiary/aromatic N) is 5. The summed E-state index contributed by atoms with van der Waals surface area (Å²) in [5.41, 5.74) is 8.98. The third-order valence-electron chi connectivity index (χ3n) is 5.61. The van der Waals surface area contributed by atoms with Crippen LogP contribution in [0.25, 0.3) is 22.3 Å². The van der Waals surface area contributed by atoms with E-state index in [4.69, 9.17) is 20.2 Å². The number of nitrogen functional groups attached to an aromatic ring is 1. The van der Waals surface area contributed by atoms with E-state index in [2.05, 4.69) is 20.2 Å². The molecule has 4 rings (SSSR count). The summed E-state index contributed by atoms with van der Waals surface area (Å²) in [5.74, 6) is 2.15. The largest absolute Gasteiger partial charge is 0.493 e. The van der Waals surface area contributed by atoms with Crippen LogP contribution in [0.3, 0.4) is 0 Å². The topological polar surface area (TPSA) is 119 Å². The fraction of sp³-hybridized carbons (Fsp3) is 0.391. The number of anilines is 2. The Kier molecular flexibility index (Phi) is 6.62. The number of nitrogens with two attached hydrogens (primary N) is 1. The van der Waals surface area contributed by atoms with E-state index in [1.54, 1.807) is 14.2 Å². The highest BCUT2D eigenvalue weighted by Gasteiger charge is 2.24. The molecule has 1 aromatic carbocycles. The van der Waals surface area contributed by atoms with Gasteiger partial charge in [-0.15, -0.1) is 0 Å². The maximum Gasteiger partial charge on any atom is 0.317 e. The molecule has 3 heterocycles.